The van der Waals surface area contributed by atoms with Gasteiger partial charge in [0.1, 0.15) is 5.75 Å². The van der Waals surface area contributed by atoms with E-state index in [2.05, 4.69) is 10.6 Å². The first-order valence-electron chi connectivity index (χ1n) is 7.84. The minimum Gasteiger partial charge on any atom is -0.489 e. The van der Waals surface area contributed by atoms with Crippen LogP contribution in [0.4, 0.5) is 5.69 Å². The molecule has 1 aliphatic rings. The van der Waals surface area contributed by atoms with Crippen molar-refractivity contribution in [1.82, 2.24) is 5.32 Å². The van der Waals surface area contributed by atoms with Crippen LogP contribution in [0.3, 0.4) is 0 Å². The number of carbonyl (C=O) groups excluding carboxylic acids is 1. The minimum absolute atomic E-state index is 0.0221. The third kappa shape index (κ3) is 4.02. The van der Waals surface area contributed by atoms with E-state index >= 15 is 0 Å². The summed E-state index contributed by atoms with van der Waals surface area (Å²) in [6.07, 6.45) is 1.59. The Labute approximate surface area is 147 Å². The summed E-state index contributed by atoms with van der Waals surface area (Å²) in [5, 5.41) is 6.14. The number of benzene rings is 1. The summed E-state index contributed by atoms with van der Waals surface area (Å²) >= 11 is 6.16. The summed E-state index contributed by atoms with van der Waals surface area (Å²) in [7, 11) is -3.55. The maximum Gasteiger partial charge on any atom is 0.245 e. The zero-order chi connectivity index (χ0) is 18.0. The average molecular weight is 375 g/mol. The fourth-order valence-electron chi connectivity index (χ4n) is 2.77. The molecule has 0 aromatic heterocycles. The molecule has 0 spiro atoms. The van der Waals surface area contributed by atoms with Crippen LogP contribution in [0.1, 0.15) is 26.7 Å². The van der Waals surface area contributed by atoms with E-state index in [1.165, 1.54) is 0 Å². The Bertz CT molecular complexity index is 713. The van der Waals surface area contributed by atoms with E-state index in [1.54, 1.807) is 18.2 Å². The average Bonchev–Trinajstić information content (AvgIpc) is 2.49. The van der Waals surface area contributed by atoms with Gasteiger partial charge in [0.05, 0.1) is 11.1 Å². The zero-order valence-corrected chi connectivity index (χ0v) is 15.6. The van der Waals surface area contributed by atoms with Crippen molar-refractivity contribution in [3.63, 3.8) is 0 Å². The minimum atomic E-state index is -3.55. The van der Waals surface area contributed by atoms with Crippen LogP contribution in [0.5, 0.6) is 5.75 Å². The number of nitrogens with one attached hydrogen (secondary N) is 2. The van der Waals surface area contributed by atoms with Crippen molar-refractivity contribution in [3.05, 3.63) is 23.2 Å². The highest BCUT2D eigenvalue weighted by Gasteiger charge is 2.48. The molecule has 0 atom stereocenters. The third-order valence-corrected chi connectivity index (χ3v) is 6.40. The first-order chi connectivity index (χ1) is 11.2. The maximum absolute atomic E-state index is 12.7. The van der Waals surface area contributed by atoms with Crippen LogP contribution in [-0.4, -0.2) is 44.5 Å². The second-order valence-electron chi connectivity index (χ2n) is 6.28. The van der Waals surface area contributed by atoms with Crippen molar-refractivity contribution < 1.29 is 17.9 Å². The first-order valence-corrected chi connectivity index (χ1v) is 10.1. The molecule has 0 bridgehead atoms. The predicted molar refractivity (Wildman–Crippen MR) is 95.5 cm³/mol. The molecule has 1 aromatic rings. The van der Waals surface area contributed by atoms with Gasteiger partial charge < -0.3 is 15.4 Å². The number of amides is 1. The number of rotatable bonds is 5. The lowest BCUT2D eigenvalue weighted by atomic mass is 9.95. The summed E-state index contributed by atoms with van der Waals surface area (Å²) in [4.78, 5) is 12.7. The second kappa shape index (κ2) is 7.29. The lowest BCUT2D eigenvalue weighted by Gasteiger charge is -2.34. The van der Waals surface area contributed by atoms with Crippen LogP contribution >= 0.6 is 11.6 Å². The van der Waals surface area contributed by atoms with E-state index in [9.17, 15) is 13.2 Å². The highest BCUT2D eigenvalue weighted by molar-refractivity contribution is 7.92. The van der Waals surface area contributed by atoms with Gasteiger partial charge in [-0.2, -0.15) is 0 Å². The summed E-state index contributed by atoms with van der Waals surface area (Å²) in [6.45, 7) is 4.75. The molecule has 2 N–H and O–H groups in total. The van der Waals surface area contributed by atoms with Crippen molar-refractivity contribution in [2.75, 3.05) is 24.7 Å². The van der Waals surface area contributed by atoms with Gasteiger partial charge >= 0.3 is 0 Å². The van der Waals surface area contributed by atoms with Gasteiger partial charge in [0, 0.05) is 11.9 Å². The molecule has 0 unspecified atom stereocenters. The Kier molecular flexibility index (Phi) is 5.78. The van der Waals surface area contributed by atoms with Crippen molar-refractivity contribution in [1.29, 1.82) is 0 Å². The van der Waals surface area contributed by atoms with E-state index in [4.69, 9.17) is 16.3 Å². The summed E-state index contributed by atoms with van der Waals surface area (Å²) < 4.78 is 28.6. The highest BCUT2D eigenvalue weighted by Crippen LogP contribution is 2.32. The molecule has 1 fully saturated rings. The lowest BCUT2D eigenvalue weighted by molar-refractivity contribution is -0.119. The van der Waals surface area contributed by atoms with Gasteiger partial charge in [0.2, 0.25) is 5.91 Å². The van der Waals surface area contributed by atoms with Gasteiger partial charge in [-0.05, 0) is 58.0 Å². The molecule has 8 heteroatoms. The predicted octanol–water partition coefficient (Wildman–Crippen LogP) is 2.23. The van der Waals surface area contributed by atoms with Gasteiger partial charge in [-0.15, -0.1) is 0 Å². The number of sulfone groups is 1. The number of carbonyl (C=O) groups is 1. The van der Waals surface area contributed by atoms with Crippen LogP contribution in [0, 0.1) is 0 Å². The van der Waals surface area contributed by atoms with Crippen molar-refractivity contribution in [2.45, 2.75) is 37.5 Å². The zero-order valence-electron chi connectivity index (χ0n) is 14.1. The molecule has 1 amide bonds. The van der Waals surface area contributed by atoms with Crippen LogP contribution in [0.15, 0.2) is 18.2 Å². The second-order valence-corrected chi connectivity index (χ2v) is 9.02. The van der Waals surface area contributed by atoms with Crippen molar-refractivity contribution >= 4 is 33.0 Å². The summed E-state index contributed by atoms with van der Waals surface area (Å²) in [6, 6.07) is 4.88. The Morgan fingerprint density at radius 1 is 1.33 bits per heavy atom. The summed E-state index contributed by atoms with van der Waals surface area (Å²) in [5.41, 5.74) is 0.447. The first kappa shape index (κ1) is 19.0. The molecule has 0 radical (unpaired) electrons. The Balaban J connectivity index is 2.23. The van der Waals surface area contributed by atoms with Gasteiger partial charge in [-0.25, -0.2) is 8.42 Å². The van der Waals surface area contributed by atoms with Gasteiger partial charge in [-0.1, -0.05) is 11.6 Å². The molecular formula is C16H23ClN2O4S. The largest absolute Gasteiger partial charge is 0.489 e. The quantitative estimate of drug-likeness (QED) is 0.825. The molecule has 24 heavy (non-hydrogen) atoms. The fraction of sp³-hybridized carbons (Fsp3) is 0.562. The molecular weight excluding hydrogens is 352 g/mol. The van der Waals surface area contributed by atoms with Gasteiger partial charge in [0.25, 0.3) is 0 Å². The SMILES string of the molecule is CC(C)Oc1ccc(NC(=O)C2(S(C)(=O)=O)CCNCC2)cc1Cl. The number of halogens is 1. The molecule has 2 rings (SSSR count). The monoisotopic (exact) mass is 374 g/mol. The van der Waals surface area contributed by atoms with Crippen molar-refractivity contribution in [2.24, 2.45) is 0 Å². The molecule has 0 aliphatic carbocycles. The van der Waals surface area contributed by atoms with Crippen molar-refractivity contribution in [3.8, 4) is 5.75 Å². The Hall–Kier alpha value is -1.31. The molecule has 1 saturated heterocycles. The Morgan fingerprint density at radius 3 is 2.46 bits per heavy atom. The van der Waals surface area contributed by atoms with E-state index in [1.807, 2.05) is 13.8 Å². The maximum atomic E-state index is 12.7. The Morgan fingerprint density at radius 2 is 1.96 bits per heavy atom. The molecule has 0 saturated carbocycles. The van der Waals surface area contributed by atoms with E-state index in [0.717, 1.165) is 6.26 Å². The standard InChI is InChI=1S/C16H23ClN2O4S/c1-11(2)23-14-5-4-12(10-13(14)17)19-15(20)16(24(3,21)22)6-8-18-9-7-16/h4-5,10-11,18H,6-9H2,1-3H3,(H,19,20). The lowest BCUT2D eigenvalue weighted by Crippen LogP contribution is -2.55. The molecule has 6 nitrogen and oxygen atoms in total. The van der Waals surface area contributed by atoms with Crippen LogP contribution in [0.25, 0.3) is 0 Å². The van der Waals surface area contributed by atoms with Gasteiger partial charge in [-0.3, -0.25) is 4.79 Å². The summed E-state index contributed by atoms with van der Waals surface area (Å²) in [5.74, 6) is 0.00412. The number of piperidine rings is 1. The molecule has 1 aliphatic heterocycles. The van der Waals surface area contributed by atoms with Gasteiger partial charge in [0.15, 0.2) is 14.6 Å². The van der Waals surface area contributed by atoms with E-state index in [-0.39, 0.29) is 18.9 Å². The third-order valence-electron chi connectivity index (χ3n) is 4.09. The number of anilines is 1. The van der Waals surface area contributed by atoms with Crippen LogP contribution < -0.4 is 15.4 Å². The smallest absolute Gasteiger partial charge is 0.245 e. The highest BCUT2D eigenvalue weighted by atomic mass is 35.5. The molecule has 134 valence electrons. The fourth-order valence-corrected chi connectivity index (χ4v) is 4.33. The van der Waals surface area contributed by atoms with E-state index < -0.39 is 20.5 Å². The number of ether oxygens (including phenoxy) is 1. The van der Waals surface area contributed by atoms with E-state index in [0.29, 0.717) is 29.5 Å². The van der Waals surface area contributed by atoms with Crippen LogP contribution in [-0.2, 0) is 14.6 Å². The molecule has 1 aromatic carbocycles. The van der Waals surface area contributed by atoms with Crippen LogP contribution in [0.2, 0.25) is 5.02 Å². The normalized spacial score (nSPS) is 17.5. The number of hydrogen-bond donors (Lipinski definition) is 2. The molecule has 1 heterocycles. The number of hydrogen-bond acceptors (Lipinski definition) is 5. The topological polar surface area (TPSA) is 84.5 Å².